The first kappa shape index (κ1) is 17.3. The fourth-order valence-electron chi connectivity index (χ4n) is 3.03. The van der Waals surface area contributed by atoms with E-state index in [-0.39, 0.29) is 5.91 Å². The van der Waals surface area contributed by atoms with E-state index in [9.17, 15) is 4.79 Å². The Balaban J connectivity index is 1.46. The molecule has 2 aromatic rings. The van der Waals surface area contributed by atoms with Gasteiger partial charge in [-0.1, -0.05) is 12.1 Å². The number of hydrogen-bond donors (Lipinski definition) is 1. The van der Waals surface area contributed by atoms with Gasteiger partial charge in [0.1, 0.15) is 11.6 Å². The van der Waals surface area contributed by atoms with Gasteiger partial charge in [-0.05, 0) is 54.7 Å². The van der Waals surface area contributed by atoms with E-state index in [1.807, 2.05) is 36.5 Å². The number of nitrogens with zero attached hydrogens (tertiary/aromatic N) is 2. The zero-order chi connectivity index (χ0) is 17.5. The SMILES string of the molecule is COc1ccc(CCC(=O)NCc2ccnc(N3CCCC3)c2)cc1. The number of pyridine rings is 1. The van der Waals surface area contributed by atoms with Crippen molar-refractivity contribution in [3.63, 3.8) is 0 Å². The maximum atomic E-state index is 12.1. The Kier molecular flexibility index (Phi) is 5.88. The average Bonchev–Trinajstić information content (AvgIpc) is 3.20. The van der Waals surface area contributed by atoms with Crippen molar-refractivity contribution in [1.82, 2.24) is 10.3 Å². The summed E-state index contributed by atoms with van der Waals surface area (Å²) in [4.78, 5) is 18.8. The van der Waals surface area contributed by atoms with Crippen LogP contribution in [0, 0.1) is 0 Å². The van der Waals surface area contributed by atoms with Gasteiger partial charge in [-0.2, -0.15) is 0 Å². The van der Waals surface area contributed by atoms with Crippen molar-refractivity contribution in [3.05, 3.63) is 53.7 Å². The second-order valence-electron chi connectivity index (χ2n) is 6.34. The number of hydrogen-bond acceptors (Lipinski definition) is 4. The Morgan fingerprint density at radius 2 is 1.92 bits per heavy atom. The fraction of sp³-hybridized carbons (Fsp3) is 0.400. The summed E-state index contributed by atoms with van der Waals surface area (Å²) in [6.45, 7) is 2.69. The maximum absolute atomic E-state index is 12.1. The third-order valence-electron chi connectivity index (χ3n) is 4.53. The van der Waals surface area contributed by atoms with E-state index in [4.69, 9.17) is 4.74 Å². The Morgan fingerprint density at radius 3 is 2.64 bits per heavy atom. The number of aromatic nitrogens is 1. The topological polar surface area (TPSA) is 54.5 Å². The Labute approximate surface area is 149 Å². The molecule has 2 heterocycles. The number of nitrogens with one attached hydrogen (secondary N) is 1. The first-order valence-electron chi connectivity index (χ1n) is 8.84. The number of rotatable bonds is 7. The molecule has 0 spiro atoms. The molecule has 0 saturated carbocycles. The Hall–Kier alpha value is -2.56. The van der Waals surface area contributed by atoms with Crippen molar-refractivity contribution >= 4 is 11.7 Å². The minimum atomic E-state index is 0.0651. The van der Waals surface area contributed by atoms with E-state index in [2.05, 4.69) is 21.3 Å². The van der Waals surface area contributed by atoms with Crippen LogP contribution < -0.4 is 15.0 Å². The minimum absolute atomic E-state index is 0.0651. The molecule has 1 aliphatic rings. The molecule has 0 bridgehead atoms. The summed E-state index contributed by atoms with van der Waals surface area (Å²) in [6.07, 6.45) is 5.50. The van der Waals surface area contributed by atoms with Gasteiger partial charge in [0.25, 0.3) is 0 Å². The zero-order valence-corrected chi connectivity index (χ0v) is 14.7. The van der Waals surface area contributed by atoms with Crippen molar-refractivity contribution in [3.8, 4) is 5.75 Å². The van der Waals surface area contributed by atoms with E-state index in [1.165, 1.54) is 12.8 Å². The van der Waals surface area contributed by atoms with Crippen LogP contribution in [-0.4, -0.2) is 31.1 Å². The lowest BCUT2D eigenvalue weighted by Crippen LogP contribution is -2.24. The largest absolute Gasteiger partial charge is 0.497 e. The van der Waals surface area contributed by atoms with E-state index < -0.39 is 0 Å². The van der Waals surface area contributed by atoms with Crippen molar-refractivity contribution in [2.24, 2.45) is 0 Å². The maximum Gasteiger partial charge on any atom is 0.220 e. The summed E-state index contributed by atoms with van der Waals surface area (Å²) in [7, 11) is 1.65. The van der Waals surface area contributed by atoms with Crippen LogP contribution >= 0.6 is 0 Å². The number of aryl methyl sites for hydroxylation is 1. The summed E-state index contributed by atoms with van der Waals surface area (Å²) < 4.78 is 5.14. The molecule has 132 valence electrons. The standard InChI is InChI=1S/C20H25N3O2/c1-25-18-7-4-16(5-8-18)6-9-20(24)22-15-17-10-11-21-19(14-17)23-12-2-3-13-23/h4-5,7-8,10-11,14H,2-3,6,9,12-13,15H2,1H3,(H,22,24). The fourth-order valence-corrected chi connectivity index (χ4v) is 3.03. The third kappa shape index (κ3) is 4.95. The predicted molar refractivity (Wildman–Crippen MR) is 98.8 cm³/mol. The highest BCUT2D eigenvalue weighted by molar-refractivity contribution is 5.76. The number of benzene rings is 1. The van der Waals surface area contributed by atoms with Crippen molar-refractivity contribution in [2.45, 2.75) is 32.2 Å². The molecule has 1 aliphatic heterocycles. The Morgan fingerprint density at radius 1 is 1.16 bits per heavy atom. The molecule has 25 heavy (non-hydrogen) atoms. The molecule has 0 aliphatic carbocycles. The number of methoxy groups -OCH3 is 1. The number of carbonyl (C=O) groups excluding carboxylic acids is 1. The van der Waals surface area contributed by atoms with Gasteiger partial charge >= 0.3 is 0 Å². The normalized spacial score (nSPS) is 13.7. The zero-order valence-electron chi connectivity index (χ0n) is 14.7. The average molecular weight is 339 g/mol. The predicted octanol–water partition coefficient (Wildman–Crippen LogP) is 2.94. The number of amides is 1. The quantitative estimate of drug-likeness (QED) is 0.843. The lowest BCUT2D eigenvalue weighted by Gasteiger charge is -2.17. The smallest absolute Gasteiger partial charge is 0.220 e. The summed E-state index contributed by atoms with van der Waals surface area (Å²) in [5.41, 5.74) is 2.23. The van der Waals surface area contributed by atoms with Crippen LogP contribution in [0.2, 0.25) is 0 Å². The van der Waals surface area contributed by atoms with Crippen molar-refractivity contribution in [2.75, 3.05) is 25.1 Å². The number of carbonyl (C=O) groups is 1. The van der Waals surface area contributed by atoms with Crippen LogP contribution in [-0.2, 0) is 17.8 Å². The van der Waals surface area contributed by atoms with E-state index in [0.717, 1.165) is 42.2 Å². The highest BCUT2D eigenvalue weighted by atomic mass is 16.5. The molecule has 0 atom stereocenters. The summed E-state index contributed by atoms with van der Waals surface area (Å²) >= 11 is 0. The molecule has 5 nitrogen and oxygen atoms in total. The molecule has 5 heteroatoms. The molecular formula is C20H25N3O2. The van der Waals surface area contributed by atoms with Crippen LogP contribution in [0.15, 0.2) is 42.6 Å². The summed E-state index contributed by atoms with van der Waals surface area (Å²) in [5, 5.41) is 3.00. The van der Waals surface area contributed by atoms with E-state index in [0.29, 0.717) is 13.0 Å². The van der Waals surface area contributed by atoms with Gasteiger partial charge in [-0.15, -0.1) is 0 Å². The summed E-state index contributed by atoms with van der Waals surface area (Å²) in [6, 6.07) is 11.9. The molecule has 3 rings (SSSR count). The highest BCUT2D eigenvalue weighted by Crippen LogP contribution is 2.18. The van der Waals surface area contributed by atoms with E-state index >= 15 is 0 Å². The van der Waals surface area contributed by atoms with Crippen LogP contribution in [0.5, 0.6) is 5.75 Å². The number of ether oxygens (including phenoxy) is 1. The molecule has 0 unspecified atom stereocenters. The van der Waals surface area contributed by atoms with Gasteiger partial charge in [0.15, 0.2) is 0 Å². The number of anilines is 1. The Bertz CT molecular complexity index is 694. The summed E-state index contributed by atoms with van der Waals surface area (Å²) in [5.74, 6) is 1.91. The lowest BCUT2D eigenvalue weighted by molar-refractivity contribution is -0.121. The highest BCUT2D eigenvalue weighted by Gasteiger charge is 2.13. The van der Waals surface area contributed by atoms with Gasteiger partial charge in [-0.3, -0.25) is 4.79 Å². The van der Waals surface area contributed by atoms with E-state index in [1.54, 1.807) is 7.11 Å². The van der Waals surface area contributed by atoms with Crippen LogP contribution in [0.3, 0.4) is 0 Å². The van der Waals surface area contributed by atoms with Crippen LogP contribution in [0.1, 0.15) is 30.4 Å². The first-order chi connectivity index (χ1) is 12.2. The third-order valence-corrected chi connectivity index (χ3v) is 4.53. The molecule has 1 aromatic carbocycles. The van der Waals surface area contributed by atoms with Crippen molar-refractivity contribution < 1.29 is 9.53 Å². The molecule has 1 N–H and O–H groups in total. The first-order valence-corrected chi connectivity index (χ1v) is 8.84. The van der Waals surface area contributed by atoms with Gasteiger partial charge in [0.05, 0.1) is 7.11 Å². The van der Waals surface area contributed by atoms with Gasteiger partial charge < -0.3 is 15.0 Å². The van der Waals surface area contributed by atoms with Crippen molar-refractivity contribution in [1.29, 1.82) is 0 Å². The second kappa shape index (κ2) is 8.51. The molecule has 1 amide bonds. The lowest BCUT2D eigenvalue weighted by atomic mass is 10.1. The minimum Gasteiger partial charge on any atom is -0.497 e. The van der Waals surface area contributed by atoms with Crippen LogP contribution in [0.25, 0.3) is 0 Å². The van der Waals surface area contributed by atoms with Gasteiger partial charge in [0.2, 0.25) is 5.91 Å². The molecule has 1 saturated heterocycles. The monoisotopic (exact) mass is 339 g/mol. The molecular weight excluding hydrogens is 314 g/mol. The van der Waals surface area contributed by atoms with Gasteiger partial charge in [-0.25, -0.2) is 4.98 Å². The van der Waals surface area contributed by atoms with Crippen LogP contribution in [0.4, 0.5) is 5.82 Å². The second-order valence-corrected chi connectivity index (χ2v) is 6.34. The molecule has 0 radical (unpaired) electrons. The van der Waals surface area contributed by atoms with Gasteiger partial charge in [0, 0.05) is 32.3 Å². The molecule has 1 fully saturated rings. The molecule has 1 aromatic heterocycles.